The SMILES string of the molecule is Cc1ccc(C(=O)c2ccc(P=O)c(C(=O)c3ccc(C)cc3C)c2)c(C)c1. The van der Waals surface area contributed by atoms with Gasteiger partial charge >= 0.3 is 0 Å². The highest BCUT2D eigenvalue weighted by molar-refractivity contribution is 7.34. The molecule has 28 heavy (non-hydrogen) atoms. The van der Waals surface area contributed by atoms with Crippen LogP contribution in [0.3, 0.4) is 0 Å². The number of ketones is 2. The van der Waals surface area contributed by atoms with E-state index in [-0.39, 0.29) is 20.0 Å². The molecule has 0 aromatic heterocycles. The summed E-state index contributed by atoms with van der Waals surface area (Å²) in [5, 5.41) is 0.377. The summed E-state index contributed by atoms with van der Waals surface area (Å²) < 4.78 is 11.6. The minimum atomic E-state index is -0.251. The summed E-state index contributed by atoms with van der Waals surface area (Å²) >= 11 is 0. The van der Waals surface area contributed by atoms with E-state index >= 15 is 0 Å². The molecule has 0 aliphatic heterocycles. The van der Waals surface area contributed by atoms with E-state index in [2.05, 4.69) is 0 Å². The normalized spacial score (nSPS) is 10.9. The monoisotopic (exact) mass is 388 g/mol. The Labute approximate surface area is 166 Å². The van der Waals surface area contributed by atoms with Gasteiger partial charge in [0, 0.05) is 22.3 Å². The van der Waals surface area contributed by atoms with Crippen molar-refractivity contribution in [3.63, 3.8) is 0 Å². The molecule has 3 aromatic rings. The fourth-order valence-corrected chi connectivity index (χ4v) is 3.78. The quantitative estimate of drug-likeness (QED) is 0.440. The topological polar surface area (TPSA) is 51.2 Å². The van der Waals surface area contributed by atoms with Gasteiger partial charge in [-0.1, -0.05) is 47.5 Å². The summed E-state index contributed by atoms with van der Waals surface area (Å²) in [6.07, 6.45) is 0. The van der Waals surface area contributed by atoms with Crippen LogP contribution in [0.1, 0.15) is 54.1 Å². The smallest absolute Gasteiger partial charge is 0.194 e. The Morgan fingerprint density at radius 3 is 1.68 bits per heavy atom. The van der Waals surface area contributed by atoms with Gasteiger partial charge in [-0.2, -0.15) is 0 Å². The van der Waals surface area contributed by atoms with Crippen molar-refractivity contribution >= 4 is 25.3 Å². The van der Waals surface area contributed by atoms with Gasteiger partial charge in [-0.3, -0.25) is 14.2 Å². The Bertz CT molecular complexity index is 1110. The molecule has 3 nitrogen and oxygen atoms in total. The van der Waals surface area contributed by atoms with Gasteiger partial charge in [-0.05, 0) is 57.0 Å². The second kappa shape index (κ2) is 8.00. The molecular formula is C24H21O3P. The third-order valence-electron chi connectivity index (χ3n) is 4.85. The largest absolute Gasteiger partial charge is 0.289 e. The van der Waals surface area contributed by atoms with Crippen LogP contribution in [0, 0.1) is 27.7 Å². The van der Waals surface area contributed by atoms with Gasteiger partial charge in [0.1, 0.15) is 0 Å². The van der Waals surface area contributed by atoms with Gasteiger partial charge in [0.15, 0.2) is 20.0 Å². The van der Waals surface area contributed by atoms with Crippen molar-refractivity contribution < 1.29 is 14.2 Å². The molecule has 0 aliphatic rings. The number of rotatable bonds is 5. The Balaban J connectivity index is 2.08. The zero-order valence-electron chi connectivity index (χ0n) is 16.4. The highest BCUT2D eigenvalue weighted by Gasteiger charge is 2.20. The van der Waals surface area contributed by atoms with Crippen LogP contribution in [-0.4, -0.2) is 11.6 Å². The molecule has 0 fully saturated rings. The second-order valence-electron chi connectivity index (χ2n) is 7.12. The summed E-state index contributed by atoms with van der Waals surface area (Å²) in [7, 11) is -0.251. The minimum Gasteiger partial charge on any atom is -0.289 e. The molecule has 0 saturated heterocycles. The number of aryl methyl sites for hydroxylation is 4. The van der Waals surface area contributed by atoms with Crippen molar-refractivity contribution in [2.24, 2.45) is 0 Å². The predicted octanol–water partition coefficient (Wildman–Crippen LogP) is 5.30. The van der Waals surface area contributed by atoms with Crippen LogP contribution in [0.2, 0.25) is 0 Å². The van der Waals surface area contributed by atoms with E-state index in [4.69, 9.17) is 0 Å². The van der Waals surface area contributed by atoms with E-state index in [9.17, 15) is 14.2 Å². The van der Waals surface area contributed by atoms with Crippen LogP contribution >= 0.6 is 8.46 Å². The fraction of sp³-hybridized carbons (Fsp3) is 0.167. The Hall–Kier alpha value is -2.90. The van der Waals surface area contributed by atoms with Crippen LogP contribution in [0.5, 0.6) is 0 Å². The first kappa shape index (κ1) is 19.9. The summed E-state index contributed by atoms with van der Waals surface area (Å²) in [6.45, 7) is 7.71. The first-order chi connectivity index (χ1) is 13.3. The van der Waals surface area contributed by atoms with Gasteiger partial charge in [-0.15, -0.1) is 0 Å². The van der Waals surface area contributed by atoms with Crippen LogP contribution in [0.4, 0.5) is 0 Å². The number of hydrogen-bond donors (Lipinski definition) is 0. The standard InChI is InChI=1S/C24H21O3P/c1-14-5-8-19(16(3)11-14)23(25)18-7-10-22(28-27)21(13-18)24(26)20-9-6-15(2)12-17(20)4/h5-13H,1-4H3. The van der Waals surface area contributed by atoms with Gasteiger partial charge < -0.3 is 0 Å². The molecule has 0 radical (unpaired) electrons. The van der Waals surface area contributed by atoms with Crippen LogP contribution in [0.25, 0.3) is 0 Å². The average molecular weight is 388 g/mol. The van der Waals surface area contributed by atoms with E-state index in [1.54, 1.807) is 30.3 Å². The predicted molar refractivity (Wildman–Crippen MR) is 112 cm³/mol. The maximum Gasteiger partial charge on any atom is 0.194 e. The first-order valence-electron chi connectivity index (χ1n) is 9.03. The lowest BCUT2D eigenvalue weighted by molar-refractivity contribution is 0.103. The minimum absolute atomic E-state index is 0.152. The molecule has 0 spiro atoms. The van der Waals surface area contributed by atoms with Crippen molar-refractivity contribution in [3.8, 4) is 0 Å². The molecule has 0 amide bonds. The third-order valence-corrected chi connectivity index (χ3v) is 5.44. The van der Waals surface area contributed by atoms with Gasteiger partial charge in [0.25, 0.3) is 0 Å². The molecule has 140 valence electrons. The molecule has 3 aromatic carbocycles. The van der Waals surface area contributed by atoms with E-state index < -0.39 is 0 Å². The van der Waals surface area contributed by atoms with Crippen LogP contribution < -0.4 is 5.30 Å². The lowest BCUT2D eigenvalue weighted by Crippen LogP contribution is -2.15. The van der Waals surface area contributed by atoms with Crippen molar-refractivity contribution in [2.75, 3.05) is 0 Å². The molecule has 0 unspecified atom stereocenters. The van der Waals surface area contributed by atoms with Crippen molar-refractivity contribution in [2.45, 2.75) is 27.7 Å². The second-order valence-corrected chi connectivity index (χ2v) is 7.78. The summed E-state index contributed by atoms with van der Waals surface area (Å²) in [5.41, 5.74) is 5.74. The maximum absolute atomic E-state index is 13.1. The molecule has 0 N–H and O–H groups in total. The summed E-state index contributed by atoms with van der Waals surface area (Å²) in [5.74, 6) is -0.382. The lowest BCUT2D eigenvalue weighted by Gasteiger charge is -2.11. The number of benzene rings is 3. The molecule has 3 rings (SSSR count). The molecule has 4 heteroatoms. The van der Waals surface area contributed by atoms with E-state index in [1.807, 2.05) is 52.0 Å². The molecule has 0 atom stereocenters. The Morgan fingerprint density at radius 2 is 1.18 bits per heavy atom. The molecular weight excluding hydrogens is 367 g/mol. The molecule has 0 bridgehead atoms. The average Bonchev–Trinajstić information content (AvgIpc) is 2.66. The Kier molecular flexibility index (Phi) is 5.67. The summed E-state index contributed by atoms with van der Waals surface area (Å²) in [4.78, 5) is 26.1. The molecule has 0 heterocycles. The fourth-order valence-electron chi connectivity index (χ4n) is 3.38. The first-order valence-corrected chi connectivity index (χ1v) is 9.84. The molecule has 0 aliphatic carbocycles. The zero-order valence-corrected chi connectivity index (χ0v) is 17.3. The van der Waals surface area contributed by atoms with Crippen LogP contribution in [-0.2, 0) is 4.57 Å². The zero-order chi connectivity index (χ0) is 20.4. The number of carbonyl (C=O) groups excluding carboxylic acids is 2. The number of carbonyl (C=O) groups is 2. The van der Waals surface area contributed by atoms with E-state index in [0.29, 0.717) is 27.6 Å². The number of hydrogen-bond acceptors (Lipinski definition) is 3. The van der Waals surface area contributed by atoms with Gasteiger partial charge in [0.2, 0.25) is 0 Å². The third kappa shape index (κ3) is 3.85. The van der Waals surface area contributed by atoms with Crippen molar-refractivity contribution in [1.82, 2.24) is 0 Å². The highest BCUT2D eigenvalue weighted by Crippen LogP contribution is 2.21. The molecule has 0 saturated carbocycles. The van der Waals surface area contributed by atoms with E-state index in [0.717, 1.165) is 22.3 Å². The summed E-state index contributed by atoms with van der Waals surface area (Å²) in [6, 6.07) is 16.0. The van der Waals surface area contributed by atoms with E-state index in [1.165, 1.54) is 0 Å². The van der Waals surface area contributed by atoms with Crippen molar-refractivity contribution in [3.05, 3.63) is 99.1 Å². The Morgan fingerprint density at radius 1 is 0.643 bits per heavy atom. The van der Waals surface area contributed by atoms with Crippen LogP contribution in [0.15, 0.2) is 54.6 Å². The van der Waals surface area contributed by atoms with Crippen molar-refractivity contribution in [1.29, 1.82) is 0 Å². The van der Waals surface area contributed by atoms with Gasteiger partial charge in [0.05, 0.1) is 5.30 Å². The maximum atomic E-state index is 13.1. The van der Waals surface area contributed by atoms with Gasteiger partial charge in [-0.25, -0.2) is 0 Å². The highest BCUT2D eigenvalue weighted by atomic mass is 31.1. The lowest BCUT2D eigenvalue weighted by atomic mass is 9.93.